The molecule has 3 aromatic heterocycles. The van der Waals surface area contributed by atoms with E-state index < -0.39 is 0 Å². The van der Waals surface area contributed by atoms with Gasteiger partial charge in [-0.1, -0.05) is 48.0 Å². The molecule has 5 nitrogen and oxygen atoms in total. The van der Waals surface area contributed by atoms with E-state index in [0.29, 0.717) is 11.5 Å². The molecular formula is C39H29N4OPt-. The Kier molecular flexibility index (Phi) is 7.35. The summed E-state index contributed by atoms with van der Waals surface area (Å²) in [4.78, 5) is 4.84. The molecule has 0 aliphatic carbocycles. The van der Waals surface area contributed by atoms with E-state index in [2.05, 4.69) is 138 Å². The number of fused-ring (bicyclic) bond motifs is 4. The van der Waals surface area contributed by atoms with Gasteiger partial charge in [-0.25, -0.2) is 14.1 Å². The van der Waals surface area contributed by atoms with Crippen LogP contribution in [0, 0.1) is 26.0 Å². The van der Waals surface area contributed by atoms with E-state index in [4.69, 9.17) is 9.72 Å². The van der Waals surface area contributed by atoms with Crippen LogP contribution in [-0.2, 0) is 28.1 Å². The summed E-state index contributed by atoms with van der Waals surface area (Å²) in [6.07, 6.45) is 3.96. The van der Waals surface area contributed by atoms with E-state index in [0.717, 1.165) is 49.9 Å². The Morgan fingerprint density at radius 2 is 1.40 bits per heavy atom. The number of aromatic nitrogens is 4. The third-order valence-electron chi connectivity index (χ3n) is 8.34. The molecule has 0 amide bonds. The Morgan fingerprint density at radius 1 is 0.689 bits per heavy atom. The minimum absolute atomic E-state index is 0. The third kappa shape index (κ3) is 4.94. The van der Waals surface area contributed by atoms with Crippen molar-refractivity contribution in [2.45, 2.75) is 13.8 Å². The number of imidazole rings is 1. The van der Waals surface area contributed by atoms with Gasteiger partial charge < -0.3 is 9.30 Å². The molecule has 8 aromatic rings. The number of hydrogen-bond acceptors (Lipinski definition) is 2. The normalized spacial score (nSPS) is 11.3. The summed E-state index contributed by atoms with van der Waals surface area (Å²) < 4.78 is 12.8. The van der Waals surface area contributed by atoms with Crippen LogP contribution in [0.5, 0.6) is 11.5 Å². The second-order valence-corrected chi connectivity index (χ2v) is 11.2. The molecule has 222 valence electrons. The molecule has 0 bridgehead atoms. The van der Waals surface area contributed by atoms with Crippen molar-refractivity contribution in [1.29, 1.82) is 0 Å². The molecule has 8 rings (SSSR count). The van der Waals surface area contributed by atoms with E-state index in [9.17, 15) is 0 Å². The summed E-state index contributed by atoms with van der Waals surface area (Å²) in [6.45, 7) is 4.32. The first-order valence-corrected chi connectivity index (χ1v) is 14.7. The van der Waals surface area contributed by atoms with Crippen LogP contribution in [-0.4, -0.2) is 18.7 Å². The molecule has 6 heteroatoms. The Balaban J connectivity index is 0.00000325. The molecule has 0 spiro atoms. The van der Waals surface area contributed by atoms with Gasteiger partial charge in [-0.05, 0) is 71.8 Å². The second kappa shape index (κ2) is 11.5. The van der Waals surface area contributed by atoms with Crippen LogP contribution in [0.1, 0.15) is 11.1 Å². The van der Waals surface area contributed by atoms with Gasteiger partial charge in [0.05, 0.1) is 0 Å². The molecule has 0 radical (unpaired) electrons. The van der Waals surface area contributed by atoms with Crippen LogP contribution in [0.4, 0.5) is 0 Å². The van der Waals surface area contributed by atoms with Gasteiger partial charge >= 0.3 is 0 Å². The Bertz CT molecular complexity index is 2350. The first-order chi connectivity index (χ1) is 21.5. The second-order valence-electron chi connectivity index (χ2n) is 11.2. The molecule has 0 atom stereocenters. The number of rotatable bonds is 5. The van der Waals surface area contributed by atoms with Crippen molar-refractivity contribution in [3.8, 4) is 34.1 Å². The zero-order valence-corrected chi connectivity index (χ0v) is 27.3. The van der Waals surface area contributed by atoms with E-state index in [1.165, 1.54) is 16.7 Å². The van der Waals surface area contributed by atoms with Crippen LogP contribution < -0.4 is 4.74 Å². The minimum atomic E-state index is 0. The molecule has 0 saturated carbocycles. The number of benzene rings is 5. The standard InChI is InChI=1S/C39H29N4O.Pt/c1-26-10-8-11-27(2)39(26)28-20-21-40-38(22-28)43-34-15-5-4-14-32(34)33-19-18-31(24-37(33)43)44-30-13-9-12-29(23-30)42-25-41(3)35-16-6-7-17-36(35)42;/h4-22,25H,1-3H3;/q-1;. The first kappa shape index (κ1) is 28.8. The van der Waals surface area contributed by atoms with Gasteiger partial charge in [0.15, 0.2) is 17.4 Å². The predicted molar refractivity (Wildman–Crippen MR) is 178 cm³/mol. The number of nitrogens with zero attached hydrogens (tertiary/aromatic N) is 4. The third-order valence-corrected chi connectivity index (χ3v) is 8.34. The van der Waals surface area contributed by atoms with Crippen molar-refractivity contribution in [1.82, 2.24) is 18.7 Å². The van der Waals surface area contributed by atoms with E-state index in [1.807, 2.05) is 30.5 Å². The predicted octanol–water partition coefficient (Wildman–Crippen LogP) is 9.42. The topological polar surface area (TPSA) is 36.9 Å². The number of pyridine rings is 1. The summed E-state index contributed by atoms with van der Waals surface area (Å²) in [6, 6.07) is 44.5. The summed E-state index contributed by atoms with van der Waals surface area (Å²) in [7, 11) is 2.05. The minimum Gasteiger partial charge on any atom is -0.508 e. The van der Waals surface area contributed by atoms with Gasteiger partial charge in [-0.2, -0.15) is 12.1 Å². The molecule has 0 aliphatic heterocycles. The van der Waals surface area contributed by atoms with Gasteiger partial charge in [-0.3, -0.25) is 0 Å². The van der Waals surface area contributed by atoms with Crippen molar-refractivity contribution < 1.29 is 25.8 Å². The van der Waals surface area contributed by atoms with Crippen LogP contribution in [0.25, 0.3) is 55.5 Å². The first-order valence-electron chi connectivity index (χ1n) is 14.7. The maximum atomic E-state index is 6.41. The molecular weight excluding hydrogens is 736 g/mol. The molecule has 0 N–H and O–H groups in total. The number of aryl methyl sites for hydroxylation is 3. The van der Waals surface area contributed by atoms with Gasteiger partial charge in [0.25, 0.3) is 0 Å². The quantitative estimate of drug-likeness (QED) is 0.164. The fourth-order valence-electron chi connectivity index (χ4n) is 6.35. The van der Waals surface area contributed by atoms with Crippen LogP contribution >= 0.6 is 0 Å². The average Bonchev–Trinajstić information content (AvgIpc) is 3.56. The van der Waals surface area contributed by atoms with Crippen LogP contribution in [0.3, 0.4) is 0 Å². The Labute approximate surface area is 276 Å². The summed E-state index contributed by atoms with van der Waals surface area (Å²) >= 11 is 0. The van der Waals surface area contributed by atoms with Crippen molar-refractivity contribution in [3.63, 3.8) is 0 Å². The monoisotopic (exact) mass is 764 g/mol. The maximum Gasteiger partial charge on any atom is 0.188 e. The van der Waals surface area contributed by atoms with Crippen molar-refractivity contribution in [2.24, 2.45) is 7.05 Å². The van der Waals surface area contributed by atoms with Gasteiger partial charge in [0.1, 0.15) is 5.82 Å². The van der Waals surface area contributed by atoms with Crippen molar-refractivity contribution >= 4 is 32.8 Å². The van der Waals surface area contributed by atoms with Crippen LogP contribution in [0.15, 0.2) is 122 Å². The molecule has 5 aromatic carbocycles. The Morgan fingerprint density at radius 3 is 2.22 bits per heavy atom. The summed E-state index contributed by atoms with van der Waals surface area (Å²) in [5.74, 6) is 2.07. The van der Waals surface area contributed by atoms with Gasteiger partial charge in [0, 0.05) is 69.1 Å². The summed E-state index contributed by atoms with van der Waals surface area (Å²) in [5.41, 5.74) is 10.0. The van der Waals surface area contributed by atoms with E-state index in [1.54, 1.807) is 0 Å². The number of para-hydroxylation sites is 3. The Hall–Kier alpha value is -4.99. The smallest absolute Gasteiger partial charge is 0.188 e. The molecule has 0 saturated heterocycles. The fraction of sp³-hybridized carbons (Fsp3) is 0.0769. The van der Waals surface area contributed by atoms with E-state index in [-0.39, 0.29) is 21.1 Å². The van der Waals surface area contributed by atoms with Gasteiger partial charge in [0.2, 0.25) is 0 Å². The molecule has 0 fully saturated rings. The average molecular weight is 765 g/mol. The van der Waals surface area contributed by atoms with Crippen molar-refractivity contribution in [3.05, 3.63) is 145 Å². The largest absolute Gasteiger partial charge is 0.508 e. The molecule has 0 unspecified atom stereocenters. The fourth-order valence-corrected chi connectivity index (χ4v) is 6.35. The summed E-state index contributed by atoms with van der Waals surface area (Å²) in [5, 5.41) is 2.24. The number of ether oxygens (including phenoxy) is 1. The van der Waals surface area contributed by atoms with Crippen molar-refractivity contribution in [2.75, 3.05) is 0 Å². The molecule has 45 heavy (non-hydrogen) atoms. The zero-order valence-electron chi connectivity index (χ0n) is 25.1. The molecule has 0 aliphatic rings. The molecule has 3 heterocycles. The van der Waals surface area contributed by atoms with Gasteiger partial charge in [-0.15, -0.1) is 29.7 Å². The van der Waals surface area contributed by atoms with Crippen LogP contribution in [0.2, 0.25) is 0 Å². The SMILES string of the molecule is Cc1cccc(C)c1-c1ccnc(-n2c3[c-]c(Oc4[c-]c(-n5[cH+]n(C)c6ccccc65)ccc4)ccc3c3ccccc32)c1.[Pt]. The maximum absolute atomic E-state index is 6.41. The van der Waals surface area contributed by atoms with E-state index >= 15 is 0 Å². The number of hydrogen-bond donors (Lipinski definition) is 0. The zero-order chi connectivity index (χ0) is 29.8.